The van der Waals surface area contributed by atoms with Gasteiger partial charge in [-0.15, -0.1) is 5.10 Å². The number of nitrogens with zero attached hydrogens (tertiary/aromatic N) is 4. The Hall–Kier alpha value is -3.80. The van der Waals surface area contributed by atoms with Crippen molar-refractivity contribution in [2.24, 2.45) is 0 Å². The van der Waals surface area contributed by atoms with Crippen molar-refractivity contribution in [3.63, 3.8) is 0 Å². The van der Waals surface area contributed by atoms with Crippen LogP contribution in [0.25, 0.3) is 22.8 Å². The van der Waals surface area contributed by atoms with Gasteiger partial charge in [0.25, 0.3) is 0 Å². The van der Waals surface area contributed by atoms with Crippen molar-refractivity contribution in [3.05, 3.63) is 78.4 Å². The number of hydrogen-bond acceptors (Lipinski definition) is 5. The van der Waals surface area contributed by atoms with Crippen LogP contribution < -0.4 is 4.90 Å². The molecule has 0 unspecified atom stereocenters. The molecule has 1 saturated heterocycles. The summed E-state index contributed by atoms with van der Waals surface area (Å²) in [5.74, 6) is 1.24. The van der Waals surface area contributed by atoms with Crippen LogP contribution in [0.5, 0.6) is 11.5 Å². The molecule has 4 aromatic rings. The van der Waals surface area contributed by atoms with Crippen molar-refractivity contribution in [2.75, 3.05) is 18.0 Å². The Morgan fingerprint density at radius 1 is 0.742 bits per heavy atom. The molecule has 2 heterocycles. The van der Waals surface area contributed by atoms with Crippen molar-refractivity contribution in [2.45, 2.75) is 19.4 Å². The number of phenols is 2. The highest BCUT2D eigenvalue weighted by Crippen LogP contribution is 2.32. The number of aromatic nitrogens is 3. The number of hydrogen-bond donors (Lipinski definition) is 2. The molecular weight excluding hydrogens is 388 g/mol. The molecular formula is C25H24N4O2. The first-order chi connectivity index (χ1) is 15.2. The van der Waals surface area contributed by atoms with Crippen molar-refractivity contribution in [1.82, 2.24) is 14.8 Å². The van der Waals surface area contributed by atoms with E-state index in [0.717, 1.165) is 18.7 Å². The zero-order chi connectivity index (χ0) is 21.2. The third-order valence-corrected chi connectivity index (χ3v) is 5.70. The Balaban J connectivity index is 1.52. The van der Waals surface area contributed by atoms with Gasteiger partial charge in [0.1, 0.15) is 11.5 Å². The van der Waals surface area contributed by atoms with Gasteiger partial charge in [0.05, 0.1) is 17.7 Å². The number of phenolic OH excluding ortho intramolecular Hbond substituents is 2. The van der Waals surface area contributed by atoms with Crippen LogP contribution >= 0.6 is 0 Å². The predicted octanol–water partition coefficient (Wildman–Crippen LogP) is 4.67. The van der Waals surface area contributed by atoms with Gasteiger partial charge < -0.3 is 15.1 Å². The smallest absolute Gasteiger partial charge is 0.185 e. The molecule has 0 saturated carbocycles. The van der Waals surface area contributed by atoms with Gasteiger partial charge in [-0.1, -0.05) is 36.4 Å². The van der Waals surface area contributed by atoms with Gasteiger partial charge in [0, 0.05) is 18.8 Å². The van der Waals surface area contributed by atoms with Gasteiger partial charge in [-0.3, -0.25) is 0 Å². The highest BCUT2D eigenvalue weighted by Gasteiger charge is 2.18. The summed E-state index contributed by atoms with van der Waals surface area (Å²) >= 11 is 0. The Labute approximate surface area is 181 Å². The van der Waals surface area contributed by atoms with E-state index in [1.807, 2.05) is 18.2 Å². The van der Waals surface area contributed by atoms with Crippen LogP contribution in [0.1, 0.15) is 18.4 Å². The summed E-state index contributed by atoms with van der Waals surface area (Å²) in [7, 11) is 0. The monoisotopic (exact) mass is 412 g/mol. The molecule has 0 atom stereocenters. The molecule has 31 heavy (non-hydrogen) atoms. The summed E-state index contributed by atoms with van der Waals surface area (Å²) in [6, 6.07) is 22.6. The maximum atomic E-state index is 10.4. The molecule has 6 nitrogen and oxygen atoms in total. The molecule has 0 radical (unpaired) electrons. The lowest BCUT2D eigenvalue weighted by molar-refractivity contribution is 0.476. The first-order valence-corrected chi connectivity index (χ1v) is 10.5. The summed E-state index contributed by atoms with van der Waals surface area (Å²) in [5, 5.41) is 25.4. The highest BCUT2D eigenvalue weighted by atomic mass is 16.3. The van der Waals surface area contributed by atoms with Gasteiger partial charge in [0.15, 0.2) is 11.6 Å². The highest BCUT2D eigenvalue weighted by molar-refractivity contribution is 5.69. The minimum atomic E-state index is 0.124. The maximum Gasteiger partial charge on any atom is 0.185 e. The second kappa shape index (κ2) is 8.14. The molecule has 0 aliphatic carbocycles. The van der Waals surface area contributed by atoms with Crippen LogP contribution in [-0.2, 0) is 6.54 Å². The lowest BCUT2D eigenvalue weighted by Gasteiger charge is -2.17. The summed E-state index contributed by atoms with van der Waals surface area (Å²) < 4.78 is 1.78. The number of benzene rings is 3. The fraction of sp³-hybridized carbons (Fsp3) is 0.200. The van der Waals surface area contributed by atoms with E-state index in [2.05, 4.69) is 39.2 Å². The SMILES string of the molecule is Oc1ccccc1-c1nc(-c2ccccc2O)n(Cc2ccc(N3CCCC3)cc2)n1. The lowest BCUT2D eigenvalue weighted by atomic mass is 10.1. The number of rotatable bonds is 5. The second-order valence-electron chi connectivity index (χ2n) is 7.81. The normalized spacial score (nSPS) is 13.6. The topological polar surface area (TPSA) is 74.4 Å². The zero-order valence-corrected chi connectivity index (χ0v) is 17.1. The summed E-state index contributed by atoms with van der Waals surface area (Å²) in [6.45, 7) is 2.73. The van der Waals surface area contributed by atoms with Crippen LogP contribution in [0.3, 0.4) is 0 Å². The van der Waals surface area contributed by atoms with E-state index in [1.165, 1.54) is 18.5 Å². The van der Waals surface area contributed by atoms with Crippen LogP contribution in [0.2, 0.25) is 0 Å². The van der Waals surface area contributed by atoms with Crippen LogP contribution in [0.4, 0.5) is 5.69 Å². The van der Waals surface area contributed by atoms with E-state index in [-0.39, 0.29) is 11.5 Å². The average Bonchev–Trinajstić information content (AvgIpc) is 3.46. The van der Waals surface area contributed by atoms with Crippen LogP contribution in [0, 0.1) is 0 Å². The maximum absolute atomic E-state index is 10.4. The van der Waals surface area contributed by atoms with E-state index >= 15 is 0 Å². The van der Waals surface area contributed by atoms with Crippen molar-refractivity contribution in [3.8, 4) is 34.3 Å². The van der Waals surface area contributed by atoms with E-state index in [9.17, 15) is 10.2 Å². The van der Waals surface area contributed by atoms with Crippen molar-refractivity contribution < 1.29 is 10.2 Å². The number of anilines is 1. The minimum Gasteiger partial charge on any atom is -0.507 e. The van der Waals surface area contributed by atoms with E-state index < -0.39 is 0 Å². The Morgan fingerprint density at radius 2 is 1.35 bits per heavy atom. The lowest BCUT2D eigenvalue weighted by Crippen LogP contribution is -2.17. The summed E-state index contributed by atoms with van der Waals surface area (Å²) in [4.78, 5) is 7.08. The molecule has 0 amide bonds. The Bertz CT molecular complexity index is 1190. The van der Waals surface area contributed by atoms with E-state index in [4.69, 9.17) is 0 Å². The van der Waals surface area contributed by atoms with Crippen LogP contribution in [-0.4, -0.2) is 38.1 Å². The molecule has 1 fully saturated rings. The van der Waals surface area contributed by atoms with Gasteiger partial charge >= 0.3 is 0 Å². The first kappa shape index (κ1) is 19.2. The van der Waals surface area contributed by atoms with Gasteiger partial charge in [-0.25, -0.2) is 9.67 Å². The largest absolute Gasteiger partial charge is 0.507 e. The Kier molecular flexibility index (Phi) is 5.04. The minimum absolute atomic E-state index is 0.124. The van der Waals surface area contributed by atoms with Crippen molar-refractivity contribution >= 4 is 5.69 Å². The molecule has 0 spiro atoms. The number of aromatic hydroxyl groups is 2. The molecule has 2 N–H and O–H groups in total. The van der Waals surface area contributed by atoms with Gasteiger partial charge in [-0.05, 0) is 54.8 Å². The average molecular weight is 412 g/mol. The van der Waals surface area contributed by atoms with Crippen molar-refractivity contribution in [1.29, 1.82) is 0 Å². The molecule has 156 valence electrons. The standard InChI is InChI=1S/C25H24N4O2/c30-22-9-3-1-7-20(22)24-26-25(21-8-2-4-10-23(21)31)29(27-24)17-18-11-13-19(14-12-18)28-15-5-6-16-28/h1-4,7-14,30-31H,5-6,15-17H2. The molecule has 5 rings (SSSR count). The Morgan fingerprint density at radius 3 is 2.00 bits per heavy atom. The fourth-order valence-electron chi connectivity index (χ4n) is 4.05. The molecule has 3 aromatic carbocycles. The zero-order valence-electron chi connectivity index (χ0n) is 17.1. The van der Waals surface area contributed by atoms with E-state index in [0.29, 0.717) is 29.3 Å². The molecule has 1 aromatic heterocycles. The molecule has 1 aliphatic rings. The predicted molar refractivity (Wildman–Crippen MR) is 121 cm³/mol. The third kappa shape index (κ3) is 3.84. The van der Waals surface area contributed by atoms with Gasteiger partial charge in [0.2, 0.25) is 0 Å². The second-order valence-corrected chi connectivity index (χ2v) is 7.81. The van der Waals surface area contributed by atoms with Crippen LogP contribution in [0.15, 0.2) is 72.8 Å². The molecule has 6 heteroatoms. The quantitative estimate of drug-likeness (QED) is 0.498. The first-order valence-electron chi connectivity index (χ1n) is 10.5. The summed E-state index contributed by atoms with van der Waals surface area (Å²) in [6.07, 6.45) is 2.50. The molecule has 0 bridgehead atoms. The molecule has 1 aliphatic heterocycles. The summed E-state index contributed by atoms with van der Waals surface area (Å²) in [5.41, 5.74) is 3.50. The fourth-order valence-corrected chi connectivity index (χ4v) is 4.05. The number of para-hydroxylation sites is 2. The van der Waals surface area contributed by atoms with E-state index in [1.54, 1.807) is 35.0 Å². The third-order valence-electron chi connectivity index (χ3n) is 5.70. The van der Waals surface area contributed by atoms with Gasteiger partial charge in [-0.2, -0.15) is 0 Å².